The summed E-state index contributed by atoms with van der Waals surface area (Å²) in [4.78, 5) is 0. The van der Waals surface area contributed by atoms with Crippen LogP contribution in [0.2, 0.25) is 0 Å². The van der Waals surface area contributed by atoms with E-state index in [2.05, 4.69) is 50.1 Å². The SMILES string of the molecule is CCn1nc(C)c(Br)c1CC(NC)c1ccc(OC)cc1. The van der Waals surface area contributed by atoms with E-state index in [0.29, 0.717) is 0 Å². The lowest BCUT2D eigenvalue weighted by atomic mass is 10.0. The Balaban J connectivity index is 2.26. The van der Waals surface area contributed by atoms with Gasteiger partial charge in [-0.3, -0.25) is 4.68 Å². The topological polar surface area (TPSA) is 39.1 Å². The molecule has 1 unspecified atom stereocenters. The van der Waals surface area contributed by atoms with Gasteiger partial charge in [-0.25, -0.2) is 0 Å². The van der Waals surface area contributed by atoms with Gasteiger partial charge in [-0.1, -0.05) is 12.1 Å². The van der Waals surface area contributed by atoms with Gasteiger partial charge in [0.15, 0.2) is 0 Å². The first kappa shape index (κ1) is 16.0. The molecule has 114 valence electrons. The van der Waals surface area contributed by atoms with Crippen LogP contribution in [0.3, 0.4) is 0 Å². The molecule has 1 heterocycles. The quantitative estimate of drug-likeness (QED) is 0.865. The second kappa shape index (κ2) is 7.09. The lowest BCUT2D eigenvalue weighted by Crippen LogP contribution is -2.20. The van der Waals surface area contributed by atoms with Crippen molar-refractivity contribution in [1.29, 1.82) is 0 Å². The fraction of sp³-hybridized carbons (Fsp3) is 0.438. The molecule has 5 heteroatoms. The predicted octanol–water partition coefficient (Wildman–Crippen LogP) is 3.49. The van der Waals surface area contributed by atoms with Gasteiger partial charge in [-0.15, -0.1) is 0 Å². The number of benzene rings is 1. The number of nitrogens with zero attached hydrogens (tertiary/aromatic N) is 2. The molecule has 2 aromatic rings. The van der Waals surface area contributed by atoms with Crippen LogP contribution in [0.15, 0.2) is 28.7 Å². The van der Waals surface area contributed by atoms with E-state index in [1.54, 1.807) is 7.11 Å². The summed E-state index contributed by atoms with van der Waals surface area (Å²) in [6.45, 7) is 5.02. The number of hydrogen-bond donors (Lipinski definition) is 1. The van der Waals surface area contributed by atoms with Crippen molar-refractivity contribution in [2.75, 3.05) is 14.2 Å². The summed E-state index contributed by atoms with van der Waals surface area (Å²) < 4.78 is 8.39. The number of ether oxygens (including phenoxy) is 1. The Hall–Kier alpha value is -1.33. The first-order chi connectivity index (χ1) is 10.1. The fourth-order valence-corrected chi connectivity index (χ4v) is 2.93. The normalized spacial score (nSPS) is 12.4. The third-order valence-electron chi connectivity index (χ3n) is 3.72. The van der Waals surface area contributed by atoms with Crippen molar-refractivity contribution in [1.82, 2.24) is 15.1 Å². The van der Waals surface area contributed by atoms with Crippen LogP contribution in [0.1, 0.15) is 29.9 Å². The zero-order valence-electron chi connectivity index (χ0n) is 13.0. The molecule has 4 nitrogen and oxygen atoms in total. The van der Waals surface area contributed by atoms with Crippen LogP contribution in [-0.4, -0.2) is 23.9 Å². The van der Waals surface area contributed by atoms with Crippen LogP contribution in [0.4, 0.5) is 0 Å². The minimum atomic E-state index is 0.244. The summed E-state index contributed by atoms with van der Waals surface area (Å²) in [6, 6.07) is 8.45. The lowest BCUT2D eigenvalue weighted by Gasteiger charge is -2.18. The minimum absolute atomic E-state index is 0.244. The first-order valence-electron chi connectivity index (χ1n) is 7.13. The van der Waals surface area contributed by atoms with Crippen molar-refractivity contribution >= 4 is 15.9 Å². The van der Waals surface area contributed by atoms with E-state index in [1.807, 2.05) is 26.1 Å². The number of aryl methyl sites for hydroxylation is 2. The highest BCUT2D eigenvalue weighted by Gasteiger charge is 2.18. The van der Waals surface area contributed by atoms with Crippen LogP contribution in [0.5, 0.6) is 5.75 Å². The standard InChI is InChI=1S/C16H22BrN3O/c1-5-20-15(16(17)11(2)19-20)10-14(18-3)12-6-8-13(21-4)9-7-12/h6-9,14,18H,5,10H2,1-4H3. The van der Waals surface area contributed by atoms with Gasteiger partial charge >= 0.3 is 0 Å². The molecule has 0 spiro atoms. The second-order valence-electron chi connectivity index (χ2n) is 4.98. The Labute approximate surface area is 134 Å². The van der Waals surface area contributed by atoms with Crippen LogP contribution < -0.4 is 10.1 Å². The smallest absolute Gasteiger partial charge is 0.118 e. The molecule has 1 aromatic carbocycles. The molecule has 1 aromatic heterocycles. The number of aromatic nitrogens is 2. The van der Waals surface area contributed by atoms with E-state index in [4.69, 9.17) is 4.74 Å². The monoisotopic (exact) mass is 351 g/mol. The van der Waals surface area contributed by atoms with Gasteiger partial charge in [0.1, 0.15) is 5.75 Å². The van der Waals surface area contributed by atoms with Crippen molar-refractivity contribution in [3.8, 4) is 5.75 Å². The number of methoxy groups -OCH3 is 1. The van der Waals surface area contributed by atoms with Gasteiger partial charge in [0.25, 0.3) is 0 Å². The van der Waals surface area contributed by atoms with Crippen molar-refractivity contribution in [2.45, 2.75) is 32.9 Å². The minimum Gasteiger partial charge on any atom is -0.497 e. The summed E-state index contributed by atoms with van der Waals surface area (Å²) >= 11 is 3.66. The van der Waals surface area contributed by atoms with Gasteiger partial charge in [-0.2, -0.15) is 5.10 Å². The molecule has 0 fully saturated rings. The van der Waals surface area contributed by atoms with Crippen LogP contribution >= 0.6 is 15.9 Å². The van der Waals surface area contributed by atoms with Crippen LogP contribution in [-0.2, 0) is 13.0 Å². The second-order valence-corrected chi connectivity index (χ2v) is 5.77. The molecule has 0 aliphatic rings. The average molecular weight is 352 g/mol. The summed E-state index contributed by atoms with van der Waals surface area (Å²) in [5.74, 6) is 0.879. The molecule has 0 aliphatic heterocycles. The number of likely N-dealkylation sites (N-methyl/N-ethyl adjacent to an activating group) is 1. The van der Waals surface area contributed by atoms with E-state index in [9.17, 15) is 0 Å². The Morgan fingerprint density at radius 3 is 2.52 bits per heavy atom. The summed E-state index contributed by atoms with van der Waals surface area (Å²) in [6.07, 6.45) is 0.887. The predicted molar refractivity (Wildman–Crippen MR) is 88.8 cm³/mol. The maximum atomic E-state index is 5.22. The third kappa shape index (κ3) is 3.47. The van der Waals surface area contributed by atoms with Gasteiger partial charge < -0.3 is 10.1 Å². The van der Waals surface area contributed by atoms with Gasteiger partial charge in [0.05, 0.1) is 23.0 Å². The highest BCUT2D eigenvalue weighted by atomic mass is 79.9. The fourth-order valence-electron chi connectivity index (χ4n) is 2.48. The molecule has 0 aliphatic carbocycles. The largest absolute Gasteiger partial charge is 0.497 e. The molecule has 0 radical (unpaired) electrons. The van der Waals surface area contributed by atoms with E-state index in [0.717, 1.165) is 28.9 Å². The maximum Gasteiger partial charge on any atom is 0.118 e. The third-order valence-corrected chi connectivity index (χ3v) is 4.75. The van der Waals surface area contributed by atoms with Gasteiger partial charge in [0, 0.05) is 19.0 Å². The number of rotatable bonds is 6. The molecule has 1 N–H and O–H groups in total. The summed E-state index contributed by atoms with van der Waals surface area (Å²) in [5, 5.41) is 7.95. The molecule has 0 amide bonds. The Morgan fingerprint density at radius 2 is 2.00 bits per heavy atom. The first-order valence-corrected chi connectivity index (χ1v) is 7.93. The van der Waals surface area contributed by atoms with E-state index >= 15 is 0 Å². The lowest BCUT2D eigenvalue weighted by molar-refractivity contribution is 0.414. The van der Waals surface area contributed by atoms with Crippen molar-refractivity contribution in [2.24, 2.45) is 0 Å². The molecule has 0 bridgehead atoms. The highest BCUT2D eigenvalue weighted by Crippen LogP contribution is 2.27. The Bertz CT molecular complexity index is 592. The van der Waals surface area contributed by atoms with Crippen molar-refractivity contribution in [3.63, 3.8) is 0 Å². The van der Waals surface area contributed by atoms with Crippen molar-refractivity contribution in [3.05, 3.63) is 45.7 Å². The Kier molecular flexibility index (Phi) is 5.42. The van der Waals surface area contributed by atoms with Crippen molar-refractivity contribution < 1.29 is 4.74 Å². The maximum absolute atomic E-state index is 5.22. The Morgan fingerprint density at radius 1 is 1.33 bits per heavy atom. The molecule has 0 saturated heterocycles. The number of halogens is 1. The van der Waals surface area contributed by atoms with Gasteiger partial charge in [-0.05, 0) is 54.5 Å². The molecular weight excluding hydrogens is 330 g/mol. The van der Waals surface area contributed by atoms with Crippen LogP contribution in [0.25, 0.3) is 0 Å². The summed E-state index contributed by atoms with van der Waals surface area (Å²) in [7, 11) is 3.67. The molecule has 1 atom stereocenters. The highest BCUT2D eigenvalue weighted by molar-refractivity contribution is 9.10. The number of hydrogen-bond acceptors (Lipinski definition) is 3. The van der Waals surface area contributed by atoms with E-state index in [-0.39, 0.29) is 6.04 Å². The molecular formula is C16H22BrN3O. The molecule has 0 saturated carbocycles. The zero-order chi connectivity index (χ0) is 15.4. The van der Waals surface area contributed by atoms with Crippen LogP contribution in [0, 0.1) is 6.92 Å². The average Bonchev–Trinajstić information content (AvgIpc) is 2.80. The summed E-state index contributed by atoms with van der Waals surface area (Å²) in [5.41, 5.74) is 3.51. The van der Waals surface area contributed by atoms with E-state index in [1.165, 1.54) is 11.3 Å². The van der Waals surface area contributed by atoms with Gasteiger partial charge in [0.2, 0.25) is 0 Å². The zero-order valence-corrected chi connectivity index (χ0v) is 14.6. The molecule has 2 rings (SSSR count). The van der Waals surface area contributed by atoms with E-state index < -0.39 is 0 Å². The molecule has 21 heavy (non-hydrogen) atoms. The number of nitrogens with one attached hydrogen (secondary N) is 1.